The van der Waals surface area contributed by atoms with Crippen molar-refractivity contribution < 1.29 is 24.2 Å². The number of carbonyl (C=O) groups excluding carboxylic acids is 2. The van der Waals surface area contributed by atoms with Crippen molar-refractivity contribution in [1.82, 2.24) is 4.90 Å². The fourth-order valence-corrected chi connectivity index (χ4v) is 3.83. The molecule has 1 aliphatic heterocycles. The van der Waals surface area contributed by atoms with Gasteiger partial charge in [-0.25, -0.2) is 0 Å². The summed E-state index contributed by atoms with van der Waals surface area (Å²) in [7, 11) is 1.53. The van der Waals surface area contributed by atoms with Crippen LogP contribution in [0.25, 0.3) is 5.76 Å². The zero-order valence-corrected chi connectivity index (χ0v) is 18.6. The second-order valence-corrected chi connectivity index (χ2v) is 7.57. The molecule has 1 fully saturated rings. The Morgan fingerprint density at radius 1 is 1.13 bits per heavy atom. The van der Waals surface area contributed by atoms with Gasteiger partial charge in [0.15, 0.2) is 0 Å². The number of rotatable bonds is 8. The van der Waals surface area contributed by atoms with Crippen LogP contribution in [0.2, 0.25) is 5.02 Å². The minimum Gasteiger partial charge on any atom is -0.507 e. The molecule has 2 aromatic carbocycles. The summed E-state index contributed by atoms with van der Waals surface area (Å²) in [5.74, 6) is -1.26. The van der Waals surface area contributed by atoms with E-state index < -0.39 is 17.7 Å². The van der Waals surface area contributed by atoms with Crippen molar-refractivity contribution in [3.63, 3.8) is 0 Å². The number of carbonyl (C=O) groups is 2. The Hall–Kier alpha value is -2.83. The van der Waals surface area contributed by atoms with Gasteiger partial charge >= 0.3 is 0 Å². The molecule has 0 aliphatic carbocycles. The molecule has 0 aromatic heterocycles. The molecule has 1 saturated heterocycles. The minimum absolute atomic E-state index is 0.0372. The number of aryl methyl sites for hydroxylation is 1. The number of aliphatic hydroxyl groups is 1. The van der Waals surface area contributed by atoms with E-state index in [0.717, 1.165) is 17.5 Å². The quantitative estimate of drug-likeness (QED) is 0.372. The van der Waals surface area contributed by atoms with Gasteiger partial charge in [0.2, 0.25) is 0 Å². The van der Waals surface area contributed by atoms with Gasteiger partial charge in [-0.1, -0.05) is 42.8 Å². The first kappa shape index (κ1) is 22.8. The average Bonchev–Trinajstić information content (AvgIpc) is 3.03. The van der Waals surface area contributed by atoms with Crippen LogP contribution in [-0.4, -0.2) is 48.6 Å². The van der Waals surface area contributed by atoms with Crippen molar-refractivity contribution in [3.05, 3.63) is 69.8 Å². The Labute approximate surface area is 187 Å². The van der Waals surface area contributed by atoms with Crippen LogP contribution in [0.1, 0.15) is 36.6 Å². The number of ketones is 1. The maximum absolute atomic E-state index is 13.0. The maximum Gasteiger partial charge on any atom is 0.295 e. The van der Waals surface area contributed by atoms with E-state index in [-0.39, 0.29) is 24.5 Å². The molecular weight excluding hydrogens is 418 g/mol. The van der Waals surface area contributed by atoms with Gasteiger partial charge in [0.1, 0.15) is 11.5 Å². The minimum atomic E-state index is -0.730. The van der Waals surface area contributed by atoms with Crippen LogP contribution in [0.5, 0.6) is 5.75 Å². The first-order valence-corrected chi connectivity index (χ1v) is 10.6. The van der Waals surface area contributed by atoms with Gasteiger partial charge in [-0.3, -0.25) is 9.59 Å². The van der Waals surface area contributed by atoms with Crippen molar-refractivity contribution in [3.8, 4) is 5.75 Å². The highest BCUT2D eigenvalue weighted by molar-refractivity contribution is 6.46. The fraction of sp³-hybridized carbons (Fsp3) is 0.333. The van der Waals surface area contributed by atoms with E-state index >= 15 is 0 Å². The number of halogens is 1. The van der Waals surface area contributed by atoms with Crippen LogP contribution in [0.3, 0.4) is 0 Å². The van der Waals surface area contributed by atoms with Crippen molar-refractivity contribution in [2.24, 2.45) is 0 Å². The van der Waals surface area contributed by atoms with Crippen LogP contribution in [0.4, 0.5) is 0 Å². The Morgan fingerprint density at radius 3 is 2.45 bits per heavy atom. The monoisotopic (exact) mass is 443 g/mol. The van der Waals surface area contributed by atoms with E-state index in [9.17, 15) is 14.7 Å². The summed E-state index contributed by atoms with van der Waals surface area (Å²) in [6.45, 7) is 4.77. The van der Waals surface area contributed by atoms with E-state index in [1.54, 1.807) is 18.2 Å². The van der Waals surface area contributed by atoms with Gasteiger partial charge in [0.25, 0.3) is 11.7 Å². The molecule has 1 aliphatic rings. The summed E-state index contributed by atoms with van der Waals surface area (Å²) >= 11 is 6.16. The SMILES string of the molecule is CCOc1cc(/C(O)=C2/C(=O)C(=O)N(CCOC)C2c2ccc(CC)cc2)ccc1Cl. The van der Waals surface area contributed by atoms with Crippen molar-refractivity contribution in [1.29, 1.82) is 0 Å². The van der Waals surface area contributed by atoms with Crippen LogP contribution in [-0.2, 0) is 20.7 Å². The molecule has 31 heavy (non-hydrogen) atoms. The molecule has 1 N–H and O–H groups in total. The van der Waals surface area contributed by atoms with Gasteiger partial charge in [0.05, 0.1) is 29.9 Å². The molecule has 7 heteroatoms. The van der Waals surface area contributed by atoms with Gasteiger partial charge in [0, 0.05) is 19.2 Å². The number of hydrogen-bond acceptors (Lipinski definition) is 5. The molecule has 6 nitrogen and oxygen atoms in total. The van der Waals surface area contributed by atoms with E-state index in [4.69, 9.17) is 21.1 Å². The zero-order chi connectivity index (χ0) is 22.5. The summed E-state index contributed by atoms with van der Waals surface area (Å²) in [5, 5.41) is 11.5. The third kappa shape index (κ3) is 4.60. The molecule has 0 spiro atoms. The van der Waals surface area contributed by atoms with Gasteiger partial charge < -0.3 is 19.5 Å². The summed E-state index contributed by atoms with van der Waals surface area (Å²) in [4.78, 5) is 27.2. The third-order valence-corrected chi connectivity index (χ3v) is 5.60. The first-order valence-electron chi connectivity index (χ1n) is 10.2. The van der Waals surface area contributed by atoms with Gasteiger partial charge in [-0.2, -0.15) is 0 Å². The Morgan fingerprint density at radius 2 is 1.84 bits per heavy atom. The fourth-order valence-electron chi connectivity index (χ4n) is 3.65. The second kappa shape index (κ2) is 9.98. The lowest BCUT2D eigenvalue weighted by atomic mass is 9.94. The standard InChI is InChI=1S/C24H26ClNO5/c1-4-15-6-8-16(9-7-15)21-20(23(28)24(29)26(21)12-13-30-3)22(27)17-10-11-18(25)19(14-17)31-5-2/h6-11,14,21,27H,4-5,12-13H2,1-3H3/b22-20-. The molecule has 0 saturated carbocycles. The largest absolute Gasteiger partial charge is 0.507 e. The molecule has 1 amide bonds. The van der Waals surface area contributed by atoms with E-state index in [1.807, 2.05) is 31.2 Å². The molecule has 0 radical (unpaired) electrons. The van der Waals surface area contributed by atoms with E-state index in [0.29, 0.717) is 22.9 Å². The predicted molar refractivity (Wildman–Crippen MR) is 119 cm³/mol. The molecular formula is C24H26ClNO5. The summed E-state index contributed by atoms with van der Waals surface area (Å²) < 4.78 is 10.6. The molecule has 164 valence electrons. The number of amides is 1. The van der Waals surface area contributed by atoms with Crippen LogP contribution >= 0.6 is 11.6 Å². The number of ether oxygens (including phenoxy) is 2. The van der Waals surface area contributed by atoms with E-state index in [2.05, 4.69) is 6.92 Å². The molecule has 1 atom stereocenters. The molecule has 2 aromatic rings. The molecule has 1 heterocycles. The second-order valence-electron chi connectivity index (χ2n) is 7.16. The van der Waals surface area contributed by atoms with Gasteiger partial charge in [-0.15, -0.1) is 0 Å². The topological polar surface area (TPSA) is 76.1 Å². The number of likely N-dealkylation sites (tertiary alicyclic amines) is 1. The Balaban J connectivity index is 2.14. The van der Waals surface area contributed by atoms with Gasteiger partial charge in [-0.05, 0) is 42.7 Å². The average molecular weight is 444 g/mol. The number of benzene rings is 2. The summed E-state index contributed by atoms with van der Waals surface area (Å²) in [6.07, 6.45) is 0.870. The van der Waals surface area contributed by atoms with Crippen LogP contribution < -0.4 is 4.74 Å². The zero-order valence-electron chi connectivity index (χ0n) is 17.9. The first-order chi connectivity index (χ1) is 14.9. The lowest BCUT2D eigenvalue weighted by molar-refractivity contribution is -0.140. The highest BCUT2D eigenvalue weighted by Gasteiger charge is 2.45. The number of aliphatic hydroxyl groups excluding tert-OH is 1. The van der Waals surface area contributed by atoms with Crippen LogP contribution in [0.15, 0.2) is 48.0 Å². The maximum atomic E-state index is 13.0. The predicted octanol–water partition coefficient (Wildman–Crippen LogP) is 4.37. The number of methoxy groups -OCH3 is 1. The lowest BCUT2D eigenvalue weighted by Crippen LogP contribution is -2.32. The summed E-state index contributed by atoms with van der Waals surface area (Å²) in [6, 6.07) is 11.7. The Bertz CT molecular complexity index is 1000. The van der Waals surface area contributed by atoms with E-state index in [1.165, 1.54) is 12.0 Å². The third-order valence-electron chi connectivity index (χ3n) is 5.28. The number of Topliss-reactive ketones (excluding diaryl/α,β-unsaturated/α-hetero) is 1. The van der Waals surface area contributed by atoms with Crippen LogP contribution in [0, 0.1) is 0 Å². The summed E-state index contributed by atoms with van der Waals surface area (Å²) in [5.41, 5.74) is 2.27. The Kier molecular flexibility index (Phi) is 7.36. The normalized spacial score (nSPS) is 17.9. The lowest BCUT2D eigenvalue weighted by Gasteiger charge is -2.25. The number of hydrogen-bond donors (Lipinski definition) is 1. The smallest absolute Gasteiger partial charge is 0.295 e. The molecule has 0 bridgehead atoms. The highest BCUT2D eigenvalue weighted by atomic mass is 35.5. The number of nitrogens with zero attached hydrogens (tertiary/aromatic N) is 1. The van der Waals surface area contributed by atoms with Crippen molar-refractivity contribution >= 4 is 29.1 Å². The van der Waals surface area contributed by atoms with Crippen molar-refractivity contribution in [2.75, 3.05) is 26.9 Å². The molecule has 1 unspecified atom stereocenters. The molecule has 3 rings (SSSR count). The van der Waals surface area contributed by atoms with Crippen molar-refractivity contribution in [2.45, 2.75) is 26.3 Å². The highest BCUT2D eigenvalue weighted by Crippen LogP contribution is 2.40.